The van der Waals surface area contributed by atoms with Gasteiger partial charge in [-0.1, -0.05) is 70.7 Å². The number of ether oxygens (including phenoxy) is 1. The van der Waals surface area contributed by atoms with Crippen LogP contribution < -0.4 is 10.6 Å². The van der Waals surface area contributed by atoms with Gasteiger partial charge in [-0.3, -0.25) is 0 Å². The molecule has 0 unspecified atom stereocenters. The number of aromatic nitrogens is 1. The number of carboxylic acids is 1. The second kappa shape index (κ2) is 14.1. The summed E-state index contributed by atoms with van der Waals surface area (Å²) in [7, 11) is -1.40. The highest BCUT2D eigenvalue weighted by Crippen LogP contribution is 2.37. The molecule has 1 amide bonds. The van der Waals surface area contributed by atoms with Crippen LogP contribution in [0, 0.1) is 17.0 Å². The summed E-state index contributed by atoms with van der Waals surface area (Å²) in [5.41, 5.74) is 2.25. The maximum Gasteiger partial charge on any atom is 0.407 e. The molecule has 3 aromatic rings. The summed E-state index contributed by atoms with van der Waals surface area (Å²) in [4.78, 5) is 24.2. The molecule has 1 aromatic heterocycles. The zero-order valence-corrected chi connectivity index (χ0v) is 26.3. The van der Waals surface area contributed by atoms with E-state index in [1.165, 1.54) is 6.07 Å². The molecule has 0 aliphatic heterocycles. The average molecular weight is 600 g/mol. The van der Waals surface area contributed by atoms with Gasteiger partial charge in [-0.2, -0.15) is 0 Å². The molecule has 2 atom stereocenters. The molecule has 0 aliphatic carbocycles. The van der Waals surface area contributed by atoms with Gasteiger partial charge < -0.3 is 25.0 Å². The summed E-state index contributed by atoms with van der Waals surface area (Å²) < 4.78 is 36.1. The predicted molar refractivity (Wildman–Crippen MR) is 164 cm³/mol. The number of rotatable bonds is 13. The predicted octanol–water partition coefficient (Wildman–Crippen LogP) is 7.07. The van der Waals surface area contributed by atoms with E-state index in [9.17, 15) is 23.5 Å². The molecule has 42 heavy (non-hydrogen) atoms. The third-order valence-electron chi connectivity index (χ3n) is 6.98. The number of carboxylic acid groups (broad SMARTS) is 1. The molecule has 2 aromatic carbocycles. The number of hydrogen-bond acceptors (Lipinski definition) is 4. The Hall–Kier alpha value is -3.50. The van der Waals surface area contributed by atoms with Crippen LogP contribution in [0.1, 0.15) is 44.5 Å². The van der Waals surface area contributed by atoms with Crippen LogP contribution in [-0.4, -0.2) is 49.0 Å². The van der Waals surface area contributed by atoms with Crippen molar-refractivity contribution in [2.75, 3.05) is 13.2 Å². The first-order chi connectivity index (χ1) is 19.6. The van der Waals surface area contributed by atoms with Gasteiger partial charge in [0, 0.05) is 37.6 Å². The van der Waals surface area contributed by atoms with Crippen LogP contribution in [0.15, 0.2) is 60.8 Å². The van der Waals surface area contributed by atoms with Gasteiger partial charge in [0.25, 0.3) is 0 Å². The standard InChI is InChI=1S/C32H43F2N3O4Si/c1-32(2,3)29(35-15-14-27(30(38)39)36-31(40)41-16-17-42(4,5)6)28-18-23(25-19-24(33)12-13-26(25)34)21-37(28)20-22-10-8-7-9-11-22/h7-13,18-19,21,27,29,35H,14-17,20H2,1-6H3,(H,36,40)(H,38,39)/t27-,29-/m0/s1. The van der Waals surface area contributed by atoms with Crippen LogP contribution in [0.3, 0.4) is 0 Å². The molecule has 1 heterocycles. The molecule has 3 N–H and O–H groups in total. The maximum atomic E-state index is 14.8. The van der Waals surface area contributed by atoms with Crippen LogP contribution in [0.4, 0.5) is 13.6 Å². The van der Waals surface area contributed by atoms with E-state index in [0.29, 0.717) is 12.1 Å². The van der Waals surface area contributed by atoms with Gasteiger partial charge in [0.05, 0.1) is 12.6 Å². The van der Waals surface area contributed by atoms with E-state index in [1.807, 2.05) is 47.2 Å². The van der Waals surface area contributed by atoms with Gasteiger partial charge >= 0.3 is 12.1 Å². The Labute approximate surface area is 248 Å². The number of nitrogens with zero attached hydrogens (tertiary/aromatic N) is 1. The number of benzene rings is 2. The minimum atomic E-state index is -1.40. The zero-order valence-electron chi connectivity index (χ0n) is 25.3. The molecule has 3 rings (SSSR count). The summed E-state index contributed by atoms with van der Waals surface area (Å²) in [5.74, 6) is -2.20. The zero-order chi connectivity index (χ0) is 31.1. The Bertz CT molecular complexity index is 1350. The molecule has 0 saturated carbocycles. The molecule has 0 bridgehead atoms. The summed E-state index contributed by atoms with van der Waals surface area (Å²) in [6.45, 7) is 13.7. The third-order valence-corrected chi connectivity index (χ3v) is 8.69. The SMILES string of the molecule is CC(C)(C)[C@@H](NCC[C@H](NC(=O)OCC[Si](C)(C)C)C(=O)O)c1cc(-c2cc(F)ccc2F)cn1Cc1ccccc1. The lowest BCUT2D eigenvalue weighted by Crippen LogP contribution is -2.44. The fraction of sp³-hybridized carbons (Fsp3) is 0.438. The lowest BCUT2D eigenvalue weighted by molar-refractivity contribution is -0.139. The van der Waals surface area contributed by atoms with Crippen molar-refractivity contribution in [3.05, 3.63) is 83.7 Å². The molecule has 0 fully saturated rings. The fourth-order valence-corrected chi connectivity index (χ4v) is 5.39. The van der Waals surface area contributed by atoms with Crippen molar-refractivity contribution in [2.24, 2.45) is 5.41 Å². The van der Waals surface area contributed by atoms with Crippen LogP contribution in [0.2, 0.25) is 25.7 Å². The number of amides is 1. The lowest BCUT2D eigenvalue weighted by Gasteiger charge is -2.33. The maximum absolute atomic E-state index is 14.8. The van der Waals surface area contributed by atoms with E-state index < -0.39 is 37.8 Å². The molecule has 0 saturated heterocycles. The van der Waals surface area contributed by atoms with E-state index in [1.54, 1.807) is 0 Å². The largest absolute Gasteiger partial charge is 0.480 e. The number of hydrogen-bond donors (Lipinski definition) is 3. The van der Waals surface area contributed by atoms with Crippen LogP contribution in [-0.2, 0) is 16.1 Å². The first kappa shape index (κ1) is 33.0. The average Bonchev–Trinajstić information content (AvgIpc) is 3.28. The Balaban J connectivity index is 1.83. The van der Waals surface area contributed by atoms with Gasteiger partial charge in [0.15, 0.2) is 0 Å². The molecular formula is C32H43F2N3O4Si. The summed E-state index contributed by atoms with van der Waals surface area (Å²) in [6.07, 6.45) is 1.20. The fourth-order valence-electron chi connectivity index (χ4n) is 4.67. The van der Waals surface area contributed by atoms with E-state index in [0.717, 1.165) is 29.4 Å². The van der Waals surface area contributed by atoms with Crippen molar-refractivity contribution >= 4 is 20.1 Å². The van der Waals surface area contributed by atoms with Crippen molar-refractivity contribution in [1.29, 1.82) is 0 Å². The minimum Gasteiger partial charge on any atom is -0.480 e. The van der Waals surface area contributed by atoms with Crippen molar-refractivity contribution in [1.82, 2.24) is 15.2 Å². The van der Waals surface area contributed by atoms with Crippen LogP contribution in [0.5, 0.6) is 0 Å². The first-order valence-electron chi connectivity index (χ1n) is 14.2. The summed E-state index contributed by atoms with van der Waals surface area (Å²) >= 11 is 0. The summed E-state index contributed by atoms with van der Waals surface area (Å²) in [6, 6.07) is 14.4. The number of alkyl carbamates (subject to hydrolysis) is 1. The van der Waals surface area contributed by atoms with Crippen LogP contribution >= 0.6 is 0 Å². The van der Waals surface area contributed by atoms with Gasteiger partial charge in [0.1, 0.15) is 17.7 Å². The normalized spacial score (nSPS) is 13.4. The van der Waals surface area contributed by atoms with Crippen LogP contribution in [0.25, 0.3) is 11.1 Å². The summed E-state index contributed by atoms with van der Waals surface area (Å²) in [5, 5.41) is 15.7. The monoisotopic (exact) mass is 599 g/mol. The van der Waals surface area contributed by atoms with Gasteiger partial charge in [0.2, 0.25) is 0 Å². The molecule has 0 radical (unpaired) electrons. The minimum absolute atomic E-state index is 0.121. The van der Waals surface area contributed by atoms with Gasteiger partial charge in [-0.25, -0.2) is 18.4 Å². The second-order valence-electron chi connectivity index (χ2n) is 12.9. The van der Waals surface area contributed by atoms with Crippen molar-refractivity contribution in [3.63, 3.8) is 0 Å². The van der Waals surface area contributed by atoms with E-state index in [-0.39, 0.29) is 36.6 Å². The highest BCUT2D eigenvalue weighted by Gasteiger charge is 2.30. The highest BCUT2D eigenvalue weighted by molar-refractivity contribution is 6.76. The highest BCUT2D eigenvalue weighted by atomic mass is 28.3. The van der Waals surface area contributed by atoms with E-state index in [2.05, 4.69) is 51.0 Å². The van der Waals surface area contributed by atoms with Crippen molar-refractivity contribution in [2.45, 2.75) is 71.5 Å². The number of aliphatic carboxylic acids is 1. The molecular weight excluding hydrogens is 556 g/mol. The third kappa shape index (κ3) is 9.80. The second-order valence-corrected chi connectivity index (χ2v) is 18.5. The number of carbonyl (C=O) groups is 2. The molecule has 10 heteroatoms. The molecule has 7 nitrogen and oxygen atoms in total. The number of carbonyl (C=O) groups excluding carboxylic acids is 1. The Kier molecular flexibility index (Phi) is 11.1. The van der Waals surface area contributed by atoms with E-state index in [4.69, 9.17) is 4.74 Å². The molecule has 0 spiro atoms. The lowest BCUT2D eigenvalue weighted by atomic mass is 9.84. The van der Waals surface area contributed by atoms with Crippen molar-refractivity contribution < 1.29 is 28.2 Å². The first-order valence-corrected chi connectivity index (χ1v) is 17.9. The number of halogens is 2. The topological polar surface area (TPSA) is 92.6 Å². The Morgan fingerprint density at radius 2 is 1.74 bits per heavy atom. The van der Waals surface area contributed by atoms with Crippen molar-refractivity contribution in [3.8, 4) is 11.1 Å². The Morgan fingerprint density at radius 1 is 1.05 bits per heavy atom. The molecule has 0 aliphatic rings. The quantitative estimate of drug-likeness (QED) is 0.183. The van der Waals surface area contributed by atoms with E-state index >= 15 is 0 Å². The Morgan fingerprint density at radius 3 is 2.36 bits per heavy atom. The molecule has 228 valence electrons. The number of nitrogens with one attached hydrogen (secondary N) is 2. The smallest absolute Gasteiger partial charge is 0.407 e. The van der Waals surface area contributed by atoms with Gasteiger partial charge in [-0.05, 0) is 54.3 Å². The van der Waals surface area contributed by atoms with Gasteiger partial charge in [-0.15, -0.1) is 0 Å².